The number of fused-ring (bicyclic) bond motifs is 3. The SMILES string of the molecule is CCc1ccc(C23CCC(CN(CC4CCCCC4)c4cccc(-c5cnn(C6CC6)c5)c4)(CC2)CC3)cc1C. The van der Waals surface area contributed by atoms with Crippen molar-refractivity contribution >= 4 is 5.69 Å². The summed E-state index contributed by atoms with van der Waals surface area (Å²) >= 11 is 0. The predicted molar refractivity (Wildman–Crippen MR) is 167 cm³/mol. The van der Waals surface area contributed by atoms with E-state index in [2.05, 4.69) is 78.3 Å². The number of anilines is 1. The van der Waals surface area contributed by atoms with Crippen LogP contribution in [0.15, 0.2) is 54.9 Å². The molecule has 8 rings (SSSR count). The van der Waals surface area contributed by atoms with Crippen LogP contribution in [-0.2, 0) is 11.8 Å². The first kappa shape index (κ1) is 26.4. The molecular formula is C37H49N3. The summed E-state index contributed by atoms with van der Waals surface area (Å²) in [5.41, 5.74) is 9.58. The average Bonchev–Trinajstić information content (AvgIpc) is 3.74. The van der Waals surface area contributed by atoms with Crippen molar-refractivity contribution in [1.82, 2.24) is 9.78 Å². The second kappa shape index (κ2) is 10.7. The quantitative estimate of drug-likeness (QED) is 0.272. The first-order valence-corrected chi connectivity index (χ1v) is 16.5. The highest BCUT2D eigenvalue weighted by Crippen LogP contribution is 2.58. The molecule has 0 saturated heterocycles. The van der Waals surface area contributed by atoms with Crippen molar-refractivity contribution in [2.45, 2.75) is 115 Å². The number of rotatable bonds is 9. The first-order chi connectivity index (χ1) is 19.5. The molecule has 5 aliphatic carbocycles. The number of benzene rings is 2. The molecule has 3 aromatic rings. The molecule has 5 saturated carbocycles. The minimum atomic E-state index is 0.425. The molecule has 40 heavy (non-hydrogen) atoms. The van der Waals surface area contributed by atoms with Crippen LogP contribution in [0.25, 0.3) is 11.1 Å². The minimum Gasteiger partial charge on any atom is -0.371 e. The zero-order chi connectivity index (χ0) is 27.2. The van der Waals surface area contributed by atoms with Crippen LogP contribution in [0.2, 0.25) is 0 Å². The maximum atomic E-state index is 4.70. The van der Waals surface area contributed by atoms with E-state index in [-0.39, 0.29) is 0 Å². The molecule has 0 radical (unpaired) electrons. The lowest BCUT2D eigenvalue weighted by Crippen LogP contribution is -2.50. The lowest BCUT2D eigenvalue weighted by Gasteiger charge is -2.55. The van der Waals surface area contributed by atoms with E-state index in [1.54, 1.807) is 5.56 Å². The summed E-state index contributed by atoms with van der Waals surface area (Å²) in [4.78, 5) is 2.84. The molecule has 5 aliphatic rings. The number of nitrogens with zero attached hydrogens (tertiary/aromatic N) is 3. The number of hydrogen-bond donors (Lipinski definition) is 0. The molecule has 0 aliphatic heterocycles. The van der Waals surface area contributed by atoms with Crippen LogP contribution in [0.5, 0.6) is 0 Å². The first-order valence-electron chi connectivity index (χ1n) is 16.5. The lowest BCUT2D eigenvalue weighted by atomic mass is 9.51. The van der Waals surface area contributed by atoms with E-state index in [0.717, 1.165) is 12.3 Å². The molecule has 1 heterocycles. The average molecular weight is 536 g/mol. The summed E-state index contributed by atoms with van der Waals surface area (Å²) in [6, 6.07) is 17.5. The second-order valence-electron chi connectivity index (χ2n) is 14.2. The second-order valence-corrected chi connectivity index (χ2v) is 14.2. The Morgan fingerprint density at radius 1 is 0.875 bits per heavy atom. The van der Waals surface area contributed by atoms with Crippen molar-refractivity contribution in [3.05, 3.63) is 71.5 Å². The van der Waals surface area contributed by atoms with E-state index < -0.39 is 0 Å². The Labute approximate surface area is 242 Å². The van der Waals surface area contributed by atoms with Gasteiger partial charge >= 0.3 is 0 Å². The van der Waals surface area contributed by atoms with Crippen LogP contribution in [0, 0.1) is 18.3 Å². The molecule has 2 bridgehead atoms. The third-order valence-corrected chi connectivity index (χ3v) is 11.5. The molecule has 1 aromatic heterocycles. The van der Waals surface area contributed by atoms with Gasteiger partial charge in [0.1, 0.15) is 0 Å². The highest BCUT2D eigenvalue weighted by Gasteiger charge is 2.50. The van der Waals surface area contributed by atoms with Crippen LogP contribution in [-0.4, -0.2) is 22.9 Å². The van der Waals surface area contributed by atoms with E-state index in [0.29, 0.717) is 16.9 Å². The maximum absolute atomic E-state index is 4.70. The maximum Gasteiger partial charge on any atom is 0.0568 e. The van der Waals surface area contributed by atoms with Gasteiger partial charge in [0, 0.05) is 30.5 Å². The van der Waals surface area contributed by atoms with E-state index in [9.17, 15) is 0 Å². The normalized spacial score (nSPS) is 26.8. The molecule has 0 atom stereocenters. The molecule has 212 valence electrons. The third-order valence-electron chi connectivity index (χ3n) is 11.5. The summed E-state index contributed by atoms with van der Waals surface area (Å²) in [6.45, 7) is 7.07. The standard InChI is InChI=1S/C37H49N3/c1-3-30-12-13-33(22-28(30)2)37-19-16-36(17-20-37,18-21-37)27-39(25-29-8-5-4-6-9-29)35-11-7-10-31(23-35)32-24-38-40(26-32)34-14-15-34/h7,10-13,22-24,26,29,34H,3-6,8-9,14-21,25,27H2,1-2H3. The van der Waals surface area contributed by atoms with Crippen LogP contribution in [0.1, 0.15) is 113 Å². The Hall–Kier alpha value is -2.55. The third kappa shape index (κ3) is 5.14. The van der Waals surface area contributed by atoms with Crippen LogP contribution in [0.4, 0.5) is 5.69 Å². The monoisotopic (exact) mass is 535 g/mol. The van der Waals surface area contributed by atoms with Gasteiger partial charge in [-0.3, -0.25) is 4.68 Å². The van der Waals surface area contributed by atoms with Crippen LogP contribution < -0.4 is 4.90 Å². The van der Waals surface area contributed by atoms with Crippen molar-refractivity contribution < 1.29 is 0 Å². The van der Waals surface area contributed by atoms with Crippen molar-refractivity contribution in [2.75, 3.05) is 18.0 Å². The molecule has 0 spiro atoms. The zero-order valence-electron chi connectivity index (χ0n) is 25.0. The van der Waals surface area contributed by atoms with E-state index >= 15 is 0 Å². The molecule has 0 unspecified atom stereocenters. The Balaban J connectivity index is 1.12. The van der Waals surface area contributed by atoms with Crippen LogP contribution in [0.3, 0.4) is 0 Å². The Kier molecular flexibility index (Phi) is 7.05. The highest BCUT2D eigenvalue weighted by atomic mass is 15.3. The largest absolute Gasteiger partial charge is 0.371 e. The number of aromatic nitrogens is 2. The molecular weight excluding hydrogens is 486 g/mol. The van der Waals surface area contributed by atoms with Gasteiger partial charge in [-0.05, 0) is 129 Å². The van der Waals surface area contributed by atoms with Gasteiger partial charge in [-0.2, -0.15) is 5.10 Å². The fraction of sp³-hybridized carbons (Fsp3) is 0.595. The number of hydrogen-bond acceptors (Lipinski definition) is 2. The van der Waals surface area contributed by atoms with Crippen molar-refractivity contribution in [3.63, 3.8) is 0 Å². The summed E-state index contributed by atoms with van der Waals surface area (Å²) < 4.78 is 2.19. The van der Waals surface area contributed by atoms with Gasteiger partial charge in [-0.25, -0.2) is 0 Å². The van der Waals surface area contributed by atoms with Crippen molar-refractivity contribution in [2.24, 2.45) is 11.3 Å². The smallest absolute Gasteiger partial charge is 0.0568 e. The topological polar surface area (TPSA) is 21.1 Å². The molecule has 0 N–H and O–H groups in total. The van der Waals surface area contributed by atoms with Gasteiger partial charge in [0.05, 0.1) is 12.2 Å². The van der Waals surface area contributed by atoms with E-state index in [1.165, 1.54) is 125 Å². The molecule has 3 heteroatoms. The highest BCUT2D eigenvalue weighted by molar-refractivity contribution is 5.67. The van der Waals surface area contributed by atoms with Gasteiger partial charge < -0.3 is 4.90 Å². The molecule has 5 fully saturated rings. The lowest BCUT2D eigenvalue weighted by molar-refractivity contribution is 0.0446. The van der Waals surface area contributed by atoms with Gasteiger partial charge in [0.2, 0.25) is 0 Å². The fourth-order valence-electron chi connectivity index (χ4n) is 8.61. The molecule has 0 amide bonds. The van der Waals surface area contributed by atoms with Crippen molar-refractivity contribution in [3.8, 4) is 11.1 Å². The summed E-state index contributed by atoms with van der Waals surface area (Å²) in [5.74, 6) is 0.845. The van der Waals surface area contributed by atoms with E-state index in [1.807, 2.05) is 0 Å². The minimum absolute atomic E-state index is 0.425. The summed E-state index contributed by atoms with van der Waals surface area (Å²) in [6.07, 6.45) is 23.4. The van der Waals surface area contributed by atoms with Gasteiger partial charge in [-0.15, -0.1) is 0 Å². The zero-order valence-corrected chi connectivity index (χ0v) is 25.0. The Morgan fingerprint density at radius 3 is 2.35 bits per heavy atom. The van der Waals surface area contributed by atoms with E-state index in [4.69, 9.17) is 5.10 Å². The molecule has 3 nitrogen and oxygen atoms in total. The Bertz CT molecular complexity index is 1300. The van der Waals surface area contributed by atoms with Gasteiger partial charge in [0.15, 0.2) is 0 Å². The number of aryl methyl sites for hydroxylation is 2. The Morgan fingerprint density at radius 2 is 1.65 bits per heavy atom. The van der Waals surface area contributed by atoms with Crippen LogP contribution >= 0.6 is 0 Å². The molecule has 2 aromatic carbocycles. The van der Waals surface area contributed by atoms with Crippen molar-refractivity contribution in [1.29, 1.82) is 0 Å². The van der Waals surface area contributed by atoms with Gasteiger partial charge in [0.25, 0.3) is 0 Å². The fourth-order valence-corrected chi connectivity index (χ4v) is 8.61. The van der Waals surface area contributed by atoms with Gasteiger partial charge in [-0.1, -0.05) is 56.5 Å². The summed E-state index contributed by atoms with van der Waals surface area (Å²) in [7, 11) is 0. The summed E-state index contributed by atoms with van der Waals surface area (Å²) in [5, 5.41) is 4.70. The predicted octanol–water partition coefficient (Wildman–Crippen LogP) is 9.43.